The van der Waals surface area contributed by atoms with Gasteiger partial charge in [0.2, 0.25) is 0 Å². The molecule has 0 unspecified atom stereocenters. The molecule has 0 aliphatic rings. The lowest BCUT2D eigenvalue weighted by molar-refractivity contribution is 0.120. The van der Waals surface area contributed by atoms with E-state index in [2.05, 4.69) is 22.6 Å². The van der Waals surface area contributed by atoms with Crippen LogP contribution in [-0.4, -0.2) is 16.4 Å². The van der Waals surface area contributed by atoms with Crippen LogP contribution >= 0.6 is 0 Å². The number of phenols is 2. The zero-order valence-electron chi connectivity index (χ0n) is 8.50. The largest absolute Gasteiger partial charge is 0.518 e. The van der Waals surface area contributed by atoms with Crippen molar-refractivity contribution in [1.82, 2.24) is 0 Å². The van der Waals surface area contributed by atoms with Gasteiger partial charge < -0.3 is 19.7 Å². The highest BCUT2D eigenvalue weighted by atomic mass is 16.7. The second kappa shape index (κ2) is 7.93. The minimum Gasteiger partial charge on any atom is -0.508 e. The molecular weight excluding hydrogens is 212 g/mol. The van der Waals surface area contributed by atoms with Gasteiger partial charge in [-0.05, 0) is 24.3 Å². The lowest BCUT2D eigenvalue weighted by Gasteiger charge is -1.91. The molecule has 1 aromatic carbocycles. The number of benzene rings is 1. The zero-order chi connectivity index (χ0) is 12.4. The average Bonchev–Trinajstić information content (AvgIpc) is 2.24. The first-order valence-corrected chi connectivity index (χ1v) is 4.17. The fourth-order valence-electron chi connectivity index (χ4n) is 0.616. The molecule has 0 atom stereocenters. The summed E-state index contributed by atoms with van der Waals surface area (Å²) in [5.74, 6) is 0.339. The van der Waals surface area contributed by atoms with Crippen molar-refractivity contribution >= 4 is 6.16 Å². The number of hydrogen-bond acceptors (Lipinski definition) is 5. The topological polar surface area (TPSA) is 76.0 Å². The summed E-state index contributed by atoms with van der Waals surface area (Å²) < 4.78 is 8.23. The molecule has 2 N–H and O–H groups in total. The summed E-state index contributed by atoms with van der Waals surface area (Å²) in [6.45, 7) is 6.25. The fourth-order valence-corrected chi connectivity index (χ4v) is 0.616. The maximum absolute atomic E-state index is 10.1. The number of ether oxygens (including phenoxy) is 2. The van der Waals surface area contributed by atoms with E-state index < -0.39 is 6.16 Å². The molecule has 1 rings (SSSR count). The Balaban J connectivity index is 0.000000281. The van der Waals surface area contributed by atoms with E-state index in [9.17, 15) is 4.79 Å². The minimum atomic E-state index is -0.824. The number of hydrogen-bond donors (Lipinski definition) is 2. The Kier molecular flexibility index (Phi) is 6.72. The summed E-state index contributed by atoms with van der Waals surface area (Å²) in [5, 5.41) is 17.3. The van der Waals surface area contributed by atoms with Crippen LogP contribution in [0.25, 0.3) is 0 Å². The molecule has 0 amide bonds. The first-order valence-electron chi connectivity index (χ1n) is 4.17. The van der Waals surface area contributed by atoms with Crippen LogP contribution in [0.3, 0.4) is 0 Å². The highest BCUT2D eigenvalue weighted by Crippen LogP contribution is 2.13. The predicted octanol–water partition coefficient (Wildman–Crippen LogP) is 2.52. The van der Waals surface area contributed by atoms with Gasteiger partial charge in [0.1, 0.15) is 11.5 Å². The highest BCUT2D eigenvalue weighted by molar-refractivity contribution is 5.61. The average molecular weight is 224 g/mol. The normalized spacial score (nSPS) is 8.00. The smallest absolute Gasteiger partial charge is 0.508 e. The Labute approximate surface area is 92.9 Å². The Bertz CT molecular complexity index is 309. The number of aromatic hydroxyl groups is 2. The molecule has 0 saturated heterocycles. The van der Waals surface area contributed by atoms with Gasteiger partial charge in [-0.1, -0.05) is 13.2 Å². The molecule has 5 heteroatoms. The van der Waals surface area contributed by atoms with Gasteiger partial charge in [0, 0.05) is 0 Å². The molecule has 16 heavy (non-hydrogen) atoms. The fraction of sp³-hybridized carbons (Fsp3) is 0. The molecule has 0 aliphatic heterocycles. The SMILES string of the molecule is C=COC(=O)OC=C.Oc1ccc(O)cc1. The molecular formula is C11H12O5. The Hall–Kier alpha value is -2.43. The molecule has 0 spiro atoms. The van der Waals surface area contributed by atoms with E-state index in [0.29, 0.717) is 0 Å². The van der Waals surface area contributed by atoms with E-state index in [1.807, 2.05) is 0 Å². The molecule has 86 valence electrons. The van der Waals surface area contributed by atoms with E-state index in [0.717, 1.165) is 12.5 Å². The first-order chi connectivity index (χ1) is 7.60. The van der Waals surface area contributed by atoms with E-state index in [-0.39, 0.29) is 11.5 Å². The third kappa shape index (κ3) is 7.02. The molecule has 0 bridgehead atoms. The van der Waals surface area contributed by atoms with Gasteiger partial charge in [-0.3, -0.25) is 0 Å². The zero-order valence-corrected chi connectivity index (χ0v) is 8.50. The molecule has 0 heterocycles. The highest BCUT2D eigenvalue weighted by Gasteiger charge is 1.93. The number of phenolic OH excluding ortho intramolecular Hbond substituents is 2. The third-order valence-electron chi connectivity index (χ3n) is 1.21. The van der Waals surface area contributed by atoms with Gasteiger partial charge in [0.05, 0.1) is 12.5 Å². The molecule has 0 aromatic heterocycles. The van der Waals surface area contributed by atoms with E-state index in [4.69, 9.17) is 10.2 Å². The summed E-state index contributed by atoms with van der Waals surface area (Å²) in [5.41, 5.74) is 0. The van der Waals surface area contributed by atoms with Gasteiger partial charge in [0.15, 0.2) is 0 Å². The molecule has 5 nitrogen and oxygen atoms in total. The van der Waals surface area contributed by atoms with Gasteiger partial charge in [-0.2, -0.15) is 0 Å². The summed E-state index contributed by atoms with van der Waals surface area (Å²) in [7, 11) is 0. The van der Waals surface area contributed by atoms with Crippen molar-refractivity contribution in [3.63, 3.8) is 0 Å². The molecule has 0 fully saturated rings. The van der Waals surface area contributed by atoms with Crippen LogP contribution in [0.1, 0.15) is 0 Å². The van der Waals surface area contributed by atoms with Crippen LogP contribution in [0, 0.1) is 0 Å². The summed E-state index contributed by atoms with van der Waals surface area (Å²) >= 11 is 0. The van der Waals surface area contributed by atoms with Crippen LogP contribution in [0.2, 0.25) is 0 Å². The van der Waals surface area contributed by atoms with Gasteiger partial charge >= 0.3 is 6.16 Å². The number of rotatable bonds is 2. The third-order valence-corrected chi connectivity index (χ3v) is 1.21. The monoisotopic (exact) mass is 224 g/mol. The van der Waals surface area contributed by atoms with Crippen LogP contribution in [0.4, 0.5) is 4.79 Å². The number of carbonyl (C=O) groups is 1. The minimum absolute atomic E-state index is 0.169. The van der Waals surface area contributed by atoms with Crippen molar-refractivity contribution in [2.75, 3.05) is 0 Å². The lowest BCUT2D eigenvalue weighted by Crippen LogP contribution is -1.96. The maximum Gasteiger partial charge on any atom is 0.518 e. The van der Waals surface area contributed by atoms with Crippen LogP contribution in [0.15, 0.2) is 49.9 Å². The van der Waals surface area contributed by atoms with Gasteiger partial charge in [-0.15, -0.1) is 0 Å². The summed E-state index contributed by atoms with van der Waals surface area (Å²) in [6, 6.07) is 5.70. The van der Waals surface area contributed by atoms with E-state index in [1.54, 1.807) is 0 Å². The van der Waals surface area contributed by atoms with Crippen molar-refractivity contribution < 1.29 is 24.5 Å². The Morgan fingerprint density at radius 2 is 1.31 bits per heavy atom. The van der Waals surface area contributed by atoms with Crippen LogP contribution < -0.4 is 0 Å². The predicted molar refractivity (Wildman–Crippen MR) is 57.7 cm³/mol. The van der Waals surface area contributed by atoms with Gasteiger partial charge in [0.25, 0.3) is 0 Å². The van der Waals surface area contributed by atoms with E-state index in [1.165, 1.54) is 24.3 Å². The van der Waals surface area contributed by atoms with Crippen molar-refractivity contribution in [1.29, 1.82) is 0 Å². The van der Waals surface area contributed by atoms with Crippen LogP contribution in [0.5, 0.6) is 11.5 Å². The van der Waals surface area contributed by atoms with Crippen molar-refractivity contribution in [3.8, 4) is 11.5 Å². The second-order valence-corrected chi connectivity index (χ2v) is 2.34. The van der Waals surface area contributed by atoms with E-state index >= 15 is 0 Å². The Morgan fingerprint density at radius 3 is 1.56 bits per heavy atom. The second-order valence-electron chi connectivity index (χ2n) is 2.34. The van der Waals surface area contributed by atoms with Gasteiger partial charge in [-0.25, -0.2) is 4.79 Å². The quantitative estimate of drug-likeness (QED) is 0.458. The summed E-state index contributed by atoms with van der Waals surface area (Å²) in [6.07, 6.45) is 1.13. The number of carbonyl (C=O) groups excluding carboxylic acids is 1. The molecule has 0 aliphatic carbocycles. The van der Waals surface area contributed by atoms with Crippen molar-refractivity contribution in [3.05, 3.63) is 49.9 Å². The molecule has 1 aromatic rings. The van der Waals surface area contributed by atoms with Crippen LogP contribution in [-0.2, 0) is 9.47 Å². The van der Waals surface area contributed by atoms with Crippen molar-refractivity contribution in [2.45, 2.75) is 0 Å². The Morgan fingerprint density at radius 1 is 1.00 bits per heavy atom. The van der Waals surface area contributed by atoms with Crippen molar-refractivity contribution in [2.24, 2.45) is 0 Å². The molecule has 0 radical (unpaired) electrons. The first kappa shape index (κ1) is 13.6. The lowest BCUT2D eigenvalue weighted by atomic mass is 10.3. The maximum atomic E-state index is 10.1. The molecule has 0 saturated carbocycles. The summed E-state index contributed by atoms with van der Waals surface area (Å²) in [4.78, 5) is 10.1. The standard InChI is InChI=1S/C6H6O2.C5H6O3/c7-5-1-2-6(8)4-3-5;1-3-7-5(6)8-4-2/h1-4,7-8H;3-4H,1-2H2.